The Hall–Kier alpha value is -1.98. The predicted molar refractivity (Wildman–Crippen MR) is 40.8 cm³/mol. The molecule has 2 heterocycles. The number of hydrogen-bond acceptors (Lipinski definition) is 3. The Kier molecular flexibility index (Phi) is 1.48. The number of carboxylic acids is 1. The van der Waals surface area contributed by atoms with Gasteiger partial charge in [-0.05, 0) is 6.07 Å². The van der Waals surface area contributed by atoms with Crippen LogP contribution in [0, 0.1) is 5.82 Å². The lowest BCUT2D eigenvalue weighted by Gasteiger charge is -1.95. The summed E-state index contributed by atoms with van der Waals surface area (Å²) < 4.78 is 13.0. The third kappa shape index (κ3) is 1.12. The molecule has 0 bridgehead atoms. The molecule has 0 fully saturated rings. The number of halogens is 1. The Balaban J connectivity index is 2.76. The molecule has 2 rings (SSSR count). The average Bonchev–Trinajstić information content (AvgIpc) is 2.48. The zero-order valence-corrected chi connectivity index (χ0v) is 6.28. The molecular formula is C7H4FN3O2. The van der Waals surface area contributed by atoms with E-state index in [0.717, 1.165) is 6.07 Å². The Bertz CT molecular complexity index is 480. The molecule has 0 aliphatic rings. The zero-order chi connectivity index (χ0) is 9.42. The van der Waals surface area contributed by atoms with Crippen molar-refractivity contribution in [1.82, 2.24) is 15.2 Å². The van der Waals surface area contributed by atoms with Crippen LogP contribution in [0.5, 0.6) is 0 Å². The topological polar surface area (TPSA) is 78.9 Å². The summed E-state index contributed by atoms with van der Waals surface area (Å²) in [5.74, 6) is -2.25. The van der Waals surface area contributed by atoms with Crippen LogP contribution in [0.25, 0.3) is 11.0 Å². The number of carboxylic acid groups (broad SMARTS) is 1. The molecular weight excluding hydrogens is 177 g/mol. The predicted octanol–water partition coefficient (Wildman–Crippen LogP) is 0.795. The summed E-state index contributed by atoms with van der Waals surface area (Å²) in [4.78, 5) is 14.0. The first-order valence-corrected chi connectivity index (χ1v) is 3.41. The fraction of sp³-hybridized carbons (Fsp3) is 0. The minimum Gasteiger partial charge on any atom is -0.476 e. The fourth-order valence-corrected chi connectivity index (χ4v) is 1.00. The molecule has 0 saturated carbocycles. The Morgan fingerprint density at radius 2 is 2.38 bits per heavy atom. The summed E-state index contributed by atoms with van der Waals surface area (Å²) in [6.45, 7) is 0. The Labute approximate surface area is 71.2 Å². The molecule has 2 aromatic heterocycles. The van der Waals surface area contributed by atoms with Gasteiger partial charge in [0.15, 0.2) is 17.2 Å². The zero-order valence-electron chi connectivity index (χ0n) is 6.28. The molecule has 0 atom stereocenters. The van der Waals surface area contributed by atoms with Gasteiger partial charge in [-0.1, -0.05) is 0 Å². The molecule has 0 aliphatic carbocycles. The van der Waals surface area contributed by atoms with Crippen LogP contribution in [0.2, 0.25) is 0 Å². The van der Waals surface area contributed by atoms with E-state index in [1.807, 2.05) is 0 Å². The number of H-pyrrole nitrogens is 1. The minimum atomic E-state index is -1.39. The van der Waals surface area contributed by atoms with Crippen LogP contribution < -0.4 is 0 Å². The number of rotatable bonds is 1. The van der Waals surface area contributed by atoms with Gasteiger partial charge in [0.05, 0.1) is 6.20 Å². The van der Waals surface area contributed by atoms with E-state index < -0.39 is 17.5 Å². The fourth-order valence-electron chi connectivity index (χ4n) is 1.00. The number of aromatic nitrogens is 3. The monoisotopic (exact) mass is 181 g/mol. The van der Waals surface area contributed by atoms with Crippen molar-refractivity contribution >= 4 is 17.0 Å². The molecule has 6 heteroatoms. The standard InChI is InChI=1S/C7H4FN3O2/c8-4-1-3-2-9-11-6(3)10-5(4)7(12)13/h1-2H,(H,12,13)(H,9,10,11). The maximum absolute atomic E-state index is 13.0. The second-order valence-electron chi connectivity index (χ2n) is 2.43. The summed E-state index contributed by atoms with van der Waals surface area (Å²) in [6, 6.07) is 1.08. The number of aromatic carboxylic acids is 1. The Morgan fingerprint density at radius 3 is 3.08 bits per heavy atom. The molecule has 0 saturated heterocycles. The third-order valence-corrected chi connectivity index (χ3v) is 1.58. The van der Waals surface area contributed by atoms with Crippen LogP contribution in [0.4, 0.5) is 4.39 Å². The van der Waals surface area contributed by atoms with E-state index in [1.54, 1.807) is 0 Å². The maximum Gasteiger partial charge on any atom is 0.357 e. The van der Waals surface area contributed by atoms with Crippen molar-refractivity contribution in [2.45, 2.75) is 0 Å². The van der Waals surface area contributed by atoms with Gasteiger partial charge in [0.1, 0.15) is 0 Å². The van der Waals surface area contributed by atoms with E-state index in [9.17, 15) is 9.18 Å². The number of nitrogens with zero attached hydrogens (tertiary/aromatic N) is 2. The van der Waals surface area contributed by atoms with Gasteiger partial charge in [-0.25, -0.2) is 14.2 Å². The highest BCUT2D eigenvalue weighted by atomic mass is 19.1. The molecule has 0 unspecified atom stereocenters. The van der Waals surface area contributed by atoms with E-state index in [2.05, 4.69) is 15.2 Å². The minimum absolute atomic E-state index is 0.263. The summed E-state index contributed by atoms with van der Waals surface area (Å²) in [6.07, 6.45) is 1.37. The summed E-state index contributed by atoms with van der Waals surface area (Å²) in [5, 5.41) is 15.0. The van der Waals surface area contributed by atoms with Gasteiger partial charge in [-0.2, -0.15) is 5.10 Å². The second-order valence-corrected chi connectivity index (χ2v) is 2.43. The summed E-state index contributed by atoms with van der Waals surface area (Å²) in [7, 11) is 0. The van der Waals surface area contributed by atoms with Crippen molar-refractivity contribution in [3.05, 3.63) is 23.8 Å². The van der Waals surface area contributed by atoms with Crippen molar-refractivity contribution in [3.63, 3.8) is 0 Å². The van der Waals surface area contributed by atoms with E-state index in [1.165, 1.54) is 6.20 Å². The van der Waals surface area contributed by atoms with Gasteiger partial charge in [0.2, 0.25) is 0 Å². The van der Waals surface area contributed by atoms with Gasteiger partial charge in [-0.15, -0.1) is 0 Å². The molecule has 13 heavy (non-hydrogen) atoms. The van der Waals surface area contributed by atoms with Crippen LogP contribution >= 0.6 is 0 Å². The van der Waals surface area contributed by atoms with Gasteiger partial charge < -0.3 is 5.11 Å². The second kappa shape index (κ2) is 2.51. The molecule has 66 valence electrons. The summed E-state index contributed by atoms with van der Waals surface area (Å²) >= 11 is 0. The molecule has 0 amide bonds. The number of hydrogen-bond donors (Lipinski definition) is 2. The van der Waals surface area contributed by atoms with Crippen molar-refractivity contribution < 1.29 is 14.3 Å². The average molecular weight is 181 g/mol. The van der Waals surface area contributed by atoms with Crippen molar-refractivity contribution in [2.24, 2.45) is 0 Å². The van der Waals surface area contributed by atoms with Gasteiger partial charge in [0.25, 0.3) is 0 Å². The number of nitrogens with one attached hydrogen (secondary N) is 1. The van der Waals surface area contributed by atoms with Crippen LogP contribution in [-0.4, -0.2) is 26.3 Å². The molecule has 2 aromatic rings. The molecule has 0 radical (unpaired) electrons. The number of fused-ring (bicyclic) bond motifs is 1. The largest absolute Gasteiger partial charge is 0.476 e. The van der Waals surface area contributed by atoms with Crippen LogP contribution in [0.3, 0.4) is 0 Å². The highest BCUT2D eigenvalue weighted by Crippen LogP contribution is 2.12. The van der Waals surface area contributed by atoms with E-state index in [0.29, 0.717) is 5.39 Å². The van der Waals surface area contributed by atoms with Gasteiger partial charge in [-0.3, -0.25) is 5.10 Å². The lowest BCUT2D eigenvalue weighted by atomic mass is 10.3. The van der Waals surface area contributed by atoms with Crippen molar-refractivity contribution in [2.75, 3.05) is 0 Å². The molecule has 5 nitrogen and oxygen atoms in total. The number of carbonyl (C=O) groups is 1. The lowest BCUT2D eigenvalue weighted by Crippen LogP contribution is -2.03. The van der Waals surface area contributed by atoms with Crippen molar-refractivity contribution in [3.8, 4) is 0 Å². The first-order valence-electron chi connectivity index (χ1n) is 3.41. The number of pyridine rings is 1. The Morgan fingerprint density at radius 1 is 1.62 bits per heavy atom. The SMILES string of the molecule is O=C(O)c1nc2[nH]ncc2cc1F. The molecule has 0 aliphatic heterocycles. The molecule has 0 aromatic carbocycles. The third-order valence-electron chi connectivity index (χ3n) is 1.58. The normalized spacial score (nSPS) is 10.5. The van der Waals surface area contributed by atoms with Crippen molar-refractivity contribution in [1.29, 1.82) is 0 Å². The van der Waals surface area contributed by atoms with E-state index >= 15 is 0 Å². The van der Waals surface area contributed by atoms with E-state index in [-0.39, 0.29) is 5.65 Å². The highest BCUT2D eigenvalue weighted by molar-refractivity contribution is 5.88. The lowest BCUT2D eigenvalue weighted by molar-refractivity contribution is 0.0685. The molecule has 2 N–H and O–H groups in total. The first kappa shape index (κ1) is 7.66. The van der Waals surface area contributed by atoms with E-state index in [4.69, 9.17) is 5.11 Å². The summed E-state index contributed by atoms with van der Waals surface area (Å²) in [5.41, 5.74) is -0.337. The van der Waals surface area contributed by atoms with Gasteiger partial charge in [0, 0.05) is 5.39 Å². The first-order chi connectivity index (χ1) is 6.18. The quantitative estimate of drug-likeness (QED) is 0.681. The maximum atomic E-state index is 13.0. The number of aromatic amines is 1. The van der Waals surface area contributed by atoms with Crippen LogP contribution in [0.1, 0.15) is 10.5 Å². The van der Waals surface area contributed by atoms with Crippen LogP contribution in [-0.2, 0) is 0 Å². The smallest absolute Gasteiger partial charge is 0.357 e. The molecule has 0 spiro atoms. The van der Waals surface area contributed by atoms with Gasteiger partial charge >= 0.3 is 5.97 Å². The highest BCUT2D eigenvalue weighted by Gasteiger charge is 2.13. The van der Waals surface area contributed by atoms with Crippen LogP contribution in [0.15, 0.2) is 12.3 Å².